The van der Waals surface area contributed by atoms with Crippen LogP contribution in [0, 0.1) is 6.92 Å². The molecule has 0 radical (unpaired) electrons. The number of halogens is 3. The van der Waals surface area contributed by atoms with E-state index in [1.54, 1.807) is 25.1 Å². The first kappa shape index (κ1) is 27.6. The summed E-state index contributed by atoms with van der Waals surface area (Å²) in [7, 11) is 1.43. The molecule has 0 saturated carbocycles. The fraction of sp³-hybridized carbons (Fsp3) is 0.308. The highest BCUT2D eigenvalue weighted by Crippen LogP contribution is 2.30. The Morgan fingerprint density at radius 1 is 1.08 bits per heavy atom. The lowest BCUT2D eigenvalue weighted by Crippen LogP contribution is -2.38. The zero-order chi connectivity index (χ0) is 27.4. The molecule has 0 spiro atoms. The standard InChI is InChI=1S/C26H26F3N3O5/c1-15-11-16(5-10-21(15)37-25(2,3)24(34)35)12-31-23(33)19-13-30-22(32-20(19)14-36-4)17-6-8-18(9-7-17)26(27,28)29/h5-11,13H,12,14H2,1-4H3,(H,31,33)(H,34,35). The molecule has 0 fully saturated rings. The number of carboxylic acid groups (broad SMARTS) is 1. The van der Waals surface area contributed by atoms with Crippen LogP contribution < -0.4 is 10.1 Å². The van der Waals surface area contributed by atoms with Gasteiger partial charge in [-0.05, 0) is 50.1 Å². The lowest BCUT2D eigenvalue weighted by Gasteiger charge is -2.23. The number of benzene rings is 2. The highest BCUT2D eigenvalue weighted by Gasteiger charge is 2.31. The van der Waals surface area contributed by atoms with Gasteiger partial charge in [0.15, 0.2) is 11.4 Å². The van der Waals surface area contributed by atoms with Gasteiger partial charge in [0, 0.05) is 25.4 Å². The summed E-state index contributed by atoms with van der Waals surface area (Å²) in [5.74, 6) is -0.984. The highest BCUT2D eigenvalue weighted by atomic mass is 19.4. The van der Waals surface area contributed by atoms with Crippen LogP contribution in [0.5, 0.6) is 5.75 Å². The first-order valence-electron chi connectivity index (χ1n) is 11.1. The van der Waals surface area contributed by atoms with Crippen molar-refractivity contribution in [1.29, 1.82) is 0 Å². The summed E-state index contributed by atoms with van der Waals surface area (Å²) < 4.78 is 49.3. The van der Waals surface area contributed by atoms with Crippen molar-refractivity contribution in [2.75, 3.05) is 7.11 Å². The maximum Gasteiger partial charge on any atom is 0.416 e. The molecule has 0 atom stereocenters. The Bertz CT molecular complexity index is 1290. The number of methoxy groups -OCH3 is 1. The summed E-state index contributed by atoms with van der Waals surface area (Å²) in [4.78, 5) is 32.7. The molecule has 3 aromatic rings. The molecule has 196 valence electrons. The van der Waals surface area contributed by atoms with E-state index in [-0.39, 0.29) is 30.2 Å². The van der Waals surface area contributed by atoms with Crippen LogP contribution in [0.3, 0.4) is 0 Å². The van der Waals surface area contributed by atoms with Gasteiger partial charge in [-0.1, -0.05) is 24.3 Å². The van der Waals surface area contributed by atoms with E-state index in [0.29, 0.717) is 16.9 Å². The normalized spacial score (nSPS) is 11.8. The number of carboxylic acids is 1. The molecule has 0 aliphatic heterocycles. The quantitative estimate of drug-likeness (QED) is 0.420. The zero-order valence-electron chi connectivity index (χ0n) is 20.6. The molecular weight excluding hydrogens is 491 g/mol. The van der Waals surface area contributed by atoms with Crippen LogP contribution in [0.2, 0.25) is 0 Å². The van der Waals surface area contributed by atoms with Gasteiger partial charge in [0.1, 0.15) is 5.75 Å². The van der Waals surface area contributed by atoms with Crippen molar-refractivity contribution in [3.8, 4) is 17.1 Å². The molecule has 0 aliphatic rings. The van der Waals surface area contributed by atoms with Gasteiger partial charge in [0.25, 0.3) is 5.91 Å². The second kappa shape index (κ2) is 11.0. The first-order chi connectivity index (χ1) is 17.3. The van der Waals surface area contributed by atoms with Crippen molar-refractivity contribution in [3.05, 3.63) is 76.6 Å². The number of aliphatic carboxylic acids is 1. The number of ether oxygens (including phenoxy) is 2. The van der Waals surface area contributed by atoms with Gasteiger partial charge in [0.2, 0.25) is 0 Å². The summed E-state index contributed by atoms with van der Waals surface area (Å²) in [6.45, 7) is 4.82. The molecule has 11 heteroatoms. The summed E-state index contributed by atoms with van der Waals surface area (Å²) in [6, 6.07) is 9.53. The Balaban J connectivity index is 1.74. The molecule has 8 nitrogen and oxygen atoms in total. The Kier molecular flexibility index (Phi) is 8.17. The van der Waals surface area contributed by atoms with Gasteiger partial charge in [-0.3, -0.25) is 4.79 Å². The molecule has 1 amide bonds. The molecule has 0 aliphatic carbocycles. The van der Waals surface area contributed by atoms with Crippen LogP contribution in [0.4, 0.5) is 13.2 Å². The fourth-order valence-corrected chi connectivity index (χ4v) is 3.33. The Hall–Kier alpha value is -3.99. The number of alkyl halides is 3. The van der Waals surface area contributed by atoms with E-state index < -0.39 is 29.2 Å². The monoisotopic (exact) mass is 517 g/mol. The average Bonchev–Trinajstić information content (AvgIpc) is 2.83. The minimum atomic E-state index is -4.45. The number of aryl methyl sites for hydroxylation is 1. The van der Waals surface area contributed by atoms with Crippen molar-refractivity contribution in [1.82, 2.24) is 15.3 Å². The Morgan fingerprint density at radius 2 is 1.76 bits per heavy atom. The number of hydrogen-bond donors (Lipinski definition) is 2. The number of carbonyl (C=O) groups is 2. The average molecular weight is 518 g/mol. The third-order valence-corrected chi connectivity index (χ3v) is 5.44. The first-order valence-corrected chi connectivity index (χ1v) is 11.1. The summed E-state index contributed by atoms with van der Waals surface area (Å²) in [5.41, 5.74) is 0.0708. The number of nitrogens with zero attached hydrogens (tertiary/aromatic N) is 2. The number of aromatic nitrogens is 2. The SMILES string of the molecule is COCc1nc(-c2ccc(C(F)(F)F)cc2)ncc1C(=O)NCc1ccc(OC(C)(C)C(=O)O)c(C)c1. The largest absolute Gasteiger partial charge is 0.478 e. The maximum atomic E-state index is 12.9. The fourth-order valence-electron chi connectivity index (χ4n) is 3.33. The van der Waals surface area contributed by atoms with Gasteiger partial charge in [-0.15, -0.1) is 0 Å². The van der Waals surface area contributed by atoms with Gasteiger partial charge in [0.05, 0.1) is 23.4 Å². The number of nitrogens with one attached hydrogen (secondary N) is 1. The summed E-state index contributed by atoms with van der Waals surface area (Å²) in [5, 5.41) is 12.0. The van der Waals surface area contributed by atoms with E-state index in [1.807, 2.05) is 0 Å². The molecule has 2 aromatic carbocycles. The molecule has 37 heavy (non-hydrogen) atoms. The molecular formula is C26H26F3N3O5. The lowest BCUT2D eigenvalue weighted by molar-refractivity contribution is -0.152. The highest BCUT2D eigenvalue weighted by molar-refractivity contribution is 5.95. The van der Waals surface area contributed by atoms with Crippen molar-refractivity contribution < 1.29 is 37.3 Å². The number of rotatable bonds is 9. The lowest BCUT2D eigenvalue weighted by atomic mass is 10.1. The third kappa shape index (κ3) is 6.82. The van der Waals surface area contributed by atoms with Gasteiger partial charge < -0.3 is 19.9 Å². The van der Waals surface area contributed by atoms with Gasteiger partial charge in [-0.2, -0.15) is 13.2 Å². The predicted molar refractivity (Wildman–Crippen MR) is 128 cm³/mol. The molecule has 3 rings (SSSR count). The Labute approximate surface area is 211 Å². The molecule has 0 bridgehead atoms. The summed E-state index contributed by atoms with van der Waals surface area (Å²) >= 11 is 0. The van der Waals surface area contributed by atoms with Crippen LogP contribution >= 0.6 is 0 Å². The van der Waals surface area contributed by atoms with Crippen LogP contribution in [0.1, 0.15) is 46.6 Å². The predicted octanol–water partition coefficient (Wildman–Crippen LogP) is 4.79. The molecule has 0 saturated heterocycles. The van der Waals surface area contributed by atoms with E-state index in [4.69, 9.17) is 9.47 Å². The minimum Gasteiger partial charge on any atom is -0.478 e. The van der Waals surface area contributed by atoms with E-state index in [0.717, 1.165) is 17.7 Å². The second-order valence-corrected chi connectivity index (χ2v) is 8.76. The van der Waals surface area contributed by atoms with Crippen LogP contribution in [0.25, 0.3) is 11.4 Å². The second-order valence-electron chi connectivity index (χ2n) is 8.76. The van der Waals surface area contributed by atoms with Gasteiger partial charge >= 0.3 is 12.1 Å². The van der Waals surface area contributed by atoms with Crippen LogP contribution in [-0.2, 0) is 28.9 Å². The zero-order valence-corrected chi connectivity index (χ0v) is 20.6. The Morgan fingerprint density at radius 3 is 2.32 bits per heavy atom. The van der Waals surface area contributed by atoms with Crippen molar-refractivity contribution in [2.45, 2.75) is 45.7 Å². The van der Waals surface area contributed by atoms with Crippen LogP contribution in [-0.4, -0.2) is 39.7 Å². The molecule has 0 unspecified atom stereocenters. The number of hydrogen-bond acceptors (Lipinski definition) is 6. The van der Waals surface area contributed by atoms with E-state index in [2.05, 4.69) is 15.3 Å². The minimum absolute atomic E-state index is 0.0105. The summed E-state index contributed by atoms with van der Waals surface area (Å²) in [6.07, 6.45) is -3.15. The number of carbonyl (C=O) groups excluding carboxylic acids is 1. The third-order valence-electron chi connectivity index (χ3n) is 5.44. The smallest absolute Gasteiger partial charge is 0.416 e. The maximum absolute atomic E-state index is 12.9. The van der Waals surface area contributed by atoms with Gasteiger partial charge in [-0.25, -0.2) is 14.8 Å². The van der Waals surface area contributed by atoms with E-state index in [9.17, 15) is 27.9 Å². The topological polar surface area (TPSA) is 111 Å². The molecule has 2 N–H and O–H groups in total. The molecule has 1 aromatic heterocycles. The van der Waals surface area contributed by atoms with E-state index >= 15 is 0 Å². The van der Waals surface area contributed by atoms with E-state index in [1.165, 1.54) is 39.3 Å². The van der Waals surface area contributed by atoms with Crippen molar-refractivity contribution in [3.63, 3.8) is 0 Å². The van der Waals surface area contributed by atoms with Crippen molar-refractivity contribution >= 4 is 11.9 Å². The van der Waals surface area contributed by atoms with Crippen LogP contribution in [0.15, 0.2) is 48.7 Å². The molecule has 1 heterocycles. The van der Waals surface area contributed by atoms with Crippen molar-refractivity contribution in [2.24, 2.45) is 0 Å². The number of amides is 1.